The Labute approximate surface area is 230 Å². The number of anilines is 1. The van der Waals surface area contributed by atoms with Gasteiger partial charge in [0.2, 0.25) is 5.91 Å². The van der Waals surface area contributed by atoms with Gasteiger partial charge in [-0.3, -0.25) is 9.69 Å². The van der Waals surface area contributed by atoms with Crippen molar-refractivity contribution in [2.45, 2.75) is 18.9 Å². The summed E-state index contributed by atoms with van der Waals surface area (Å²) in [7, 11) is 1.58. The molecular weight excluding hydrogens is 529 g/mol. The zero-order valence-electron chi connectivity index (χ0n) is 20.0. The van der Waals surface area contributed by atoms with Crippen molar-refractivity contribution in [3.63, 3.8) is 0 Å². The molecule has 1 unspecified atom stereocenters. The number of amides is 1. The monoisotopic (exact) mass is 551 g/mol. The summed E-state index contributed by atoms with van der Waals surface area (Å²) in [6.07, 6.45) is 0.190. The Morgan fingerprint density at radius 2 is 1.86 bits per heavy atom. The van der Waals surface area contributed by atoms with E-state index in [0.717, 1.165) is 16.8 Å². The Hall–Kier alpha value is -3.31. The first kappa shape index (κ1) is 25.3. The molecule has 1 saturated heterocycles. The molecule has 0 aliphatic carbocycles. The Morgan fingerprint density at radius 3 is 2.59 bits per heavy atom. The number of halogens is 2. The first-order valence-corrected chi connectivity index (χ1v) is 13.3. The lowest BCUT2D eigenvalue weighted by atomic mass is 9.86. The smallest absolute Gasteiger partial charge is 0.229 e. The number of ether oxygens (including phenoxy) is 2. The fourth-order valence-electron chi connectivity index (χ4n) is 4.45. The maximum atomic E-state index is 13.3. The molecule has 2 heterocycles. The normalized spacial score (nSPS) is 17.4. The maximum Gasteiger partial charge on any atom is 0.229 e. The van der Waals surface area contributed by atoms with Crippen molar-refractivity contribution in [1.82, 2.24) is 4.90 Å². The second kappa shape index (κ2) is 11.0. The minimum absolute atomic E-state index is 0.0420. The molecule has 0 radical (unpaired) electrons. The lowest BCUT2D eigenvalue weighted by molar-refractivity contribution is -0.129. The van der Waals surface area contributed by atoms with Gasteiger partial charge in [-0.25, -0.2) is 0 Å². The molecule has 5 rings (SSSR count). The highest BCUT2D eigenvalue weighted by Gasteiger charge is 2.38. The fourth-order valence-corrected chi connectivity index (χ4v) is 5.91. The summed E-state index contributed by atoms with van der Waals surface area (Å²) in [4.78, 5) is 17.0. The Kier molecular flexibility index (Phi) is 7.52. The van der Waals surface area contributed by atoms with E-state index in [1.54, 1.807) is 24.1 Å². The lowest BCUT2D eigenvalue weighted by Gasteiger charge is -2.42. The summed E-state index contributed by atoms with van der Waals surface area (Å²) in [5.41, 5.74) is 3.34. The number of allylic oxidation sites excluding steroid dienone is 1. The molecule has 1 amide bonds. The Morgan fingerprint density at radius 1 is 1.05 bits per heavy atom. The standard InChI is InChI=1S/C28H23Cl2N3O3S/c1-35-26-11-19(7-10-25(26)36-15-18-5-3-2-4-6-18)21-13-27(34)33-16-32(17-37-28(33)22(21)14-31)20-8-9-23(29)24(30)12-20/h2-12,21H,13,15-17H2,1H3. The van der Waals surface area contributed by atoms with Crippen molar-refractivity contribution < 1.29 is 14.3 Å². The summed E-state index contributed by atoms with van der Waals surface area (Å²) < 4.78 is 11.6. The Bertz CT molecular complexity index is 1410. The van der Waals surface area contributed by atoms with Crippen molar-refractivity contribution in [3.8, 4) is 17.6 Å². The van der Waals surface area contributed by atoms with Crippen LogP contribution in [0.15, 0.2) is 77.3 Å². The van der Waals surface area contributed by atoms with Crippen LogP contribution in [0.1, 0.15) is 23.5 Å². The van der Waals surface area contributed by atoms with Gasteiger partial charge in [0.15, 0.2) is 11.5 Å². The maximum absolute atomic E-state index is 13.3. The summed E-state index contributed by atoms with van der Waals surface area (Å²) in [5.74, 6) is 1.34. The van der Waals surface area contributed by atoms with Crippen molar-refractivity contribution >= 4 is 46.6 Å². The van der Waals surface area contributed by atoms with Crippen LogP contribution in [0.25, 0.3) is 0 Å². The molecule has 37 heavy (non-hydrogen) atoms. The van der Waals surface area contributed by atoms with Crippen LogP contribution in [0.5, 0.6) is 11.5 Å². The third kappa shape index (κ3) is 5.24. The van der Waals surface area contributed by atoms with Gasteiger partial charge >= 0.3 is 0 Å². The molecule has 9 heteroatoms. The summed E-state index contributed by atoms with van der Waals surface area (Å²) in [5, 5.41) is 11.8. The molecule has 0 N–H and O–H groups in total. The zero-order valence-corrected chi connectivity index (χ0v) is 22.3. The molecule has 3 aromatic rings. The number of hydrogen-bond donors (Lipinski definition) is 0. The van der Waals surface area contributed by atoms with Gasteiger partial charge < -0.3 is 14.4 Å². The van der Waals surface area contributed by atoms with E-state index in [4.69, 9.17) is 32.7 Å². The van der Waals surface area contributed by atoms with Gasteiger partial charge in [0.25, 0.3) is 0 Å². The van der Waals surface area contributed by atoms with Crippen molar-refractivity contribution in [2.75, 3.05) is 24.6 Å². The van der Waals surface area contributed by atoms with Crippen molar-refractivity contribution in [2.24, 2.45) is 0 Å². The van der Waals surface area contributed by atoms with Gasteiger partial charge in [-0.15, -0.1) is 0 Å². The fraction of sp³-hybridized carbons (Fsp3) is 0.214. The zero-order chi connectivity index (χ0) is 25.9. The summed E-state index contributed by atoms with van der Waals surface area (Å²) >= 11 is 13.7. The average molecular weight is 552 g/mol. The molecule has 0 spiro atoms. The molecule has 6 nitrogen and oxygen atoms in total. The molecule has 0 saturated carbocycles. The molecule has 188 valence electrons. The van der Waals surface area contributed by atoms with Crippen LogP contribution in [-0.4, -0.2) is 30.5 Å². The number of fused-ring (bicyclic) bond motifs is 1. The van der Waals surface area contributed by atoms with Crippen LogP contribution in [0.4, 0.5) is 5.69 Å². The van der Waals surface area contributed by atoms with E-state index in [1.165, 1.54) is 11.8 Å². The number of thioether (sulfide) groups is 1. The predicted octanol–water partition coefficient (Wildman–Crippen LogP) is 6.80. The summed E-state index contributed by atoms with van der Waals surface area (Å²) in [6.45, 7) is 0.750. The number of nitrogens with zero attached hydrogens (tertiary/aromatic N) is 3. The number of carbonyl (C=O) groups is 1. The van der Waals surface area contributed by atoms with Gasteiger partial charge in [-0.05, 0) is 41.5 Å². The van der Waals surface area contributed by atoms with Gasteiger partial charge in [0.05, 0.1) is 46.4 Å². The van der Waals surface area contributed by atoms with Crippen LogP contribution in [0.2, 0.25) is 10.0 Å². The SMILES string of the molecule is COc1cc(C2CC(=O)N3CN(c4ccc(Cl)c(Cl)c4)CSC3=C2C#N)ccc1OCc1ccccc1. The van der Waals surface area contributed by atoms with Crippen LogP contribution < -0.4 is 14.4 Å². The van der Waals surface area contributed by atoms with E-state index in [0.29, 0.717) is 51.3 Å². The van der Waals surface area contributed by atoms with Gasteiger partial charge in [0.1, 0.15) is 6.61 Å². The van der Waals surface area contributed by atoms with E-state index in [1.807, 2.05) is 59.5 Å². The van der Waals surface area contributed by atoms with Crippen molar-refractivity contribution in [1.29, 1.82) is 5.26 Å². The number of rotatable bonds is 6. The van der Waals surface area contributed by atoms with Crippen LogP contribution in [0.3, 0.4) is 0 Å². The van der Waals surface area contributed by atoms with Crippen LogP contribution in [-0.2, 0) is 11.4 Å². The average Bonchev–Trinajstić information content (AvgIpc) is 2.93. The number of benzene rings is 3. The van der Waals surface area contributed by atoms with Gasteiger partial charge in [0, 0.05) is 18.0 Å². The molecule has 0 bridgehead atoms. The molecule has 1 atom stereocenters. The number of carbonyl (C=O) groups excluding carboxylic acids is 1. The molecule has 2 aliphatic rings. The largest absolute Gasteiger partial charge is 0.493 e. The van der Waals surface area contributed by atoms with E-state index in [-0.39, 0.29) is 18.2 Å². The lowest BCUT2D eigenvalue weighted by Crippen LogP contribution is -2.47. The second-order valence-corrected chi connectivity index (χ2v) is 10.4. The van der Waals surface area contributed by atoms with Gasteiger partial charge in [-0.2, -0.15) is 5.26 Å². The number of nitriles is 1. The highest BCUT2D eigenvalue weighted by Crippen LogP contribution is 2.45. The van der Waals surface area contributed by atoms with E-state index < -0.39 is 0 Å². The first-order chi connectivity index (χ1) is 18.0. The highest BCUT2D eigenvalue weighted by atomic mass is 35.5. The van der Waals surface area contributed by atoms with Crippen LogP contribution in [0, 0.1) is 11.3 Å². The number of methoxy groups -OCH3 is 1. The molecular formula is C28H23Cl2N3O3S. The predicted molar refractivity (Wildman–Crippen MR) is 147 cm³/mol. The van der Waals surface area contributed by atoms with Crippen molar-refractivity contribution in [3.05, 3.63) is 98.5 Å². The molecule has 3 aromatic carbocycles. The summed E-state index contributed by atoms with van der Waals surface area (Å²) in [6, 6.07) is 23.3. The molecule has 2 aliphatic heterocycles. The Balaban J connectivity index is 1.39. The molecule has 1 fully saturated rings. The second-order valence-electron chi connectivity index (χ2n) is 8.65. The minimum atomic E-state index is -0.357. The van der Waals surface area contributed by atoms with E-state index >= 15 is 0 Å². The third-order valence-electron chi connectivity index (χ3n) is 6.39. The van der Waals surface area contributed by atoms with Crippen LogP contribution >= 0.6 is 35.0 Å². The van der Waals surface area contributed by atoms with E-state index in [2.05, 4.69) is 6.07 Å². The topological polar surface area (TPSA) is 65.8 Å². The highest BCUT2D eigenvalue weighted by molar-refractivity contribution is 8.03. The minimum Gasteiger partial charge on any atom is -0.493 e. The first-order valence-electron chi connectivity index (χ1n) is 11.6. The molecule has 0 aromatic heterocycles. The van der Waals surface area contributed by atoms with Gasteiger partial charge in [-0.1, -0.05) is 71.4 Å². The van der Waals surface area contributed by atoms with E-state index in [9.17, 15) is 10.1 Å². The number of hydrogen-bond acceptors (Lipinski definition) is 6. The third-order valence-corrected chi connectivity index (χ3v) is 8.28. The quantitative estimate of drug-likeness (QED) is 0.335.